The summed E-state index contributed by atoms with van der Waals surface area (Å²) in [5.41, 5.74) is 11.9. The van der Waals surface area contributed by atoms with Crippen LogP contribution in [0.3, 0.4) is 0 Å². The van der Waals surface area contributed by atoms with Crippen LogP contribution in [0.25, 0.3) is 0 Å². The van der Waals surface area contributed by atoms with Crippen molar-refractivity contribution in [2.75, 3.05) is 0 Å². The standard InChI is InChI=1S/C10H22N2/c1-8(11)10(2,12)9-6-4-3-5-7-9/h8-9H,3-7,11-12H2,1-2H3. The predicted molar refractivity (Wildman–Crippen MR) is 52.8 cm³/mol. The molecule has 1 aliphatic carbocycles. The van der Waals surface area contributed by atoms with Crippen molar-refractivity contribution in [2.24, 2.45) is 17.4 Å². The van der Waals surface area contributed by atoms with Crippen molar-refractivity contribution >= 4 is 0 Å². The van der Waals surface area contributed by atoms with Gasteiger partial charge in [-0.15, -0.1) is 0 Å². The Morgan fingerprint density at radius 1 is 1.25 bits per heavy atom. The number of rotatable bonds is 2. The maximum Gasteiger partial charge on any atom is 0.0305 e. The SMILES string of the molecule is CC(N)C(C)(N)C1CCCCC1. The molecular formula is C10H22N2. The third-order valence-corrected chi connectivity index (χ3v) is 3.47. The Bertz CT molecular complexity index is 135. The molecule has 0 aromatic carbocycles. The van der Waals surface area contributed by atoms with Crippen LogP contribution >= 0.6 is 0 Å². The average molecular weight is 170 g/mol. The first-order chi connectivity index (χ1) is 5.55. The van der Waals surface area contributed by atoms with E-state index in [1.807, 2.05) is 6.92 Å². The van der Waals surface area contributed by atoms with Crippen molar-refractivity contribution < 1.29 is 0 Å². The van der Waals surface area contributed by atoms with E-state index in [1.54, 1.807) is 0 Å². The van der Waals surface area contributed by atoms with E-state index in [4.69, 9.17) is 11.5 Å². The van der Waals surface area contributed by atoms with Gasteiger partial charge in [0.15, 0.2) is 0 Å². The Kier molecular flexibility index (Phi) is 3.13. The van der Waals surface area contributed by atoms with E-state index in [2.05, 4.69) is 6.92 Å². The monoisotopic (exact) mass is 170 g/mol. The van der Waals surface area contributed by atoms with Crippen LogP contribution in [-0.4, -0.2) is 11.6 Å². The summed E-state index contributed by atoms with van der Waals surface area (Å²) in [7, 11) is 0. The summed E-state index contributed by atoms with van der Waals surface area (Å²) < 4.78 is 0. The third-order valence-electron chi connectivity index (χ3n) is 3.47. The molecule has 0 aromatic heterocycles. The first-order valence-electron chi connectivity index (χ1n) is 5.09. The number of nitrogens with two attached hydrogens (primary N) is 2. The second kappa shape index (κ2) is 3.75. The molecule has 0 aliphatic heterocycles. The molecule has 0 radical (unpaired) electrons. The van der Waals surface area contributed by atoms with Crippen molar-refractivity contribution in [2.45, 2.75) is 57.5 Å². The van der Waals surface area contributed by atoms with E-state index >= 15 is 0 Å². The van der Waals surface area contributed by atoms with Crippen LogP contribution < -0.4 is 11.5 Å². The van der Waals surface area contributed by atoms with Crippen LogP contribution in [0.1, 0.15) is 46.0 Å². The van der Waals surface area contributed by atoms with Gasteiger partial charge in [0.2, 0.25) is 0 Å². The summed E-state index contributed by atoms with van der Waals surface area (Å²) in [4.78, 5) is 0. The molecule has 2 heteroatoms. The molecule has 2 atom stereocenters. The molecule has 1 aliphatic rings. The predicted octanol–water partition coefficient (Wildman–Crippen LogP) is 1.63. The van der Waals surface area contributed by atoms with E-state index in [9.17, 15) is 0 Å². The first kappa shape index (κ1) is 10.0. The highest BCUT2D eigenvalue weighted by Gasteiger charge is 2.33. The summed E-state index contributed by atoms with van der Waals surface area (Å²) in [6.07, 6.45) is 6.60. The largest absolute Gasteiger partial charge is 0.326 e. The van der Waals surface area contributed by atoms with Gasteiger partial charge in [-0.3, -0.25) is 0 Å². The van der Waals surface area contributed by atoms with Crippen LogP contribution in [0.5, 0.6) is 0 Å². The molecule has 1 rings (SSSR count). The van der Waals surface area contributed by atoms with Gasteiger partial charge in [-0.05, 0) is 32.6 Å². The van der Waals surface area contributed by atoms with Crippen molar-refractivity contribution in [1.29, 1.82) is 0 Å². The molecule has 1 fully saturated rings. The van der Waals surface area contributed by atoms with E-state index in [0.29, 0.717) is 5.92 Å². The molecule has 2 unspecified atom stereocenters. The van der Waals surface area contributed by atoms with Gasteiger partial charge in [0.05, 0.1) is 0 Å². The summed E-state index contributed by atoms with van der Waals surface area (Å²) in [5.74, 6) is 0.645. The fraction of sp³-hybridized carbons (Fsp3) is 1.00. The van der Waals surface area contributed by atoms with Gasteiger partial charge in [-0.25, -0.2) is 0 Å². The van der Waals surface area contributed by atoms with Crippen LogP contribution in [0.15, 0.2) is 0 Å². The Labute approximate surface area is 75.7 Å². The second-order valence-electron chi connectivity index (χ2n) is 4.49. The molecule has 12 heavy (non-hydrogen) atoms. The van der Waals surface area contributed by atoms with Gasteiger partial charge in [0, 0.05) is 11.6 Å². The lowest BCUT2D eigenvalue weighted by atomic mass is 9.73. The van der Waals surface area contributed by atoms with Gasteiger partial charge in [0.25, 0.3) is 0 Å². The normalized spacial score (nSPS) is 28.0. The van der Waals surface area contributed by atoms with E-state index in [1.165, 1.54) is 32.1 Å². The van der Waals surface area contributed by atoms with Crippen LogP contribution in [0, 0.1) is 5.92 Å². The molecule has 0 amide bonds. The summed E-state index contributed by atoms with van der Waals surface area (Å²) in [6, 6.07) is 0.112. The summed E-state index contributed by atoms with van der Waals surface area (Å²) in [6.45, 7) is 4.13. The topological polar surface area (TPSA) is 52.0 Å². The maximum absolute atomic E-state index is 6.21. The molecule has 4 N–H and O–H groups in total. The summed E-state index contributed by atoms with van der Waals surface area (Å²) in [5, 5.41) is 0. The van der Waals surface area contributed by atoms with Crippen molar-refractivity contribution in [3.05, 3.63) is 0 Å². The minimum absolute atomic E-state index is 0.112. The Balaban J connectivity index is 2.53. The van der Waals surface area contributed by atoms with Crippen molar-refractivity contribution in [1.82, 2.24) is 0 Å². The Hall–Kier alpha value is -0.0800. The zero-order valence-electron chi connectivity index (χ0n) is 8.34. The molecule has 0 spiro atoms. The van der Waals surface area contributed by atoms with Crippen LogP contribution in [-0.2, 0) is 0 Å². The summed E-state index contributed by atoms with van der Waals surface area (Å²) >= 11 is 0. The van der Waals surface area contributed by atoms with Crippen LogP contribution in [0.2, 0.25) is 0 Å². The molecule has 1 saturated carbocycles. The van der Waals surface area contributed by atoms with Gasteiger partial charge in [0.1, 0.15) is 0 Å². The average Bonchev–Trinajstić information content (AvgIpc) is 2.06. The van der Waals surface area contributed by atoms with Gasteiger partial charge < -0.3 is 11.5 Å². The van der Waals surface area contributed by atoms with Crippen LogP contribution in [0.4, 0.5) is 0 Å². The Morgan fingerprint density at radius 2 is 1.75 bits per heavy atom. The fourth-order valence-electron chi connectivity index (χ4n) is 2.10. The Morgan fingerprint density at radius 3 is 2.17 bits per heavy atom. The van der Waals surface area contributed by atoms with E-state index < -0.39 is 0 Å². The van der Waals surface area contributed by atoms with Crippen molar-refractivity contribution in [3.8, 4) is 0 Å². The molecule has 0 bridgehead atoms. The molecule has 0 aromatic rings. The lowest BCUT2D eigenvalue weighted by molar-refractivity contribution is 0.196. The van der Waals surface area contributed by atoms with Gasteiger partial charge >= 0.3 is 0 Å². The lowest BCUT2D eigenvalue weighted by Crippen LogP contribution is -2.56. The zero-order chi connectivity index (χ0) is 9.19. The van der Waals surface area contributed by atoms with Crippen molar-refractivity contribution in [3.63, 3.8) is 0 Å². The minimum atomic E-state index is -0.152. The van der Waals surface area contributed by atoms with E-state index in [0.717, 1.165) is 0 Å². The third kappa shape index (κ3) is 1.99. The van der Waals surface area contributed by atoms with Gasteiger partial charge in [-0.2, -0.15) is 0 Å². The second-order valence-corrected chi connectivity index (χ2v) is 4.49. The quantitative estimate of drug-likeness (QED) is 0.662. The highest BCUT2D eigenvalue weighted by molar-refractivity contribution is 4.94. The minimum Gasteiger partial charge on any atom is -0.326 e. The number of hydrogen-bond acceptors (Lipinski definition) is 2. The number of hydrogen-bond donors (Lipinski definition) is 2. The molecule has 0 saturated heterocycles. The molecule has 72 valence electrons. The van der Waals surface area contributed by atoms with E-state index in [-0.39, 0.29) is 11.6 Å². The van der Waals surface area contributed by atoms with Gasteiger partial charge in [-0.1, -0.05) is 19.3 Å². The zero-order valence-corrected chi connectivity index (χ0v) is 8.34. The molecule has 0 heterocycles. The smallest absolute Gasteiger partial charge is 0.0305 e. The highest BCUT2D eigenvalue weighted by Crippen LogP contribution is 2.32. The lowest BCUT2D eigenvalue weighted by Gasteiger charge is -2.39. The fourth-order valence-corrected chi connectivity index (χ4v) is 2.10. The molecular weight excluding hydrogens is 148 g/mol. The molecule has 2 nitrogen and oxygen atoms in total. The maximum atomic E-state index is 6.21. The highest BCUT2D eigenvalue weighted by atomic mass is 14.8. The first-order valence-corrected chi connectivity index (χ1v) is 5.09.